The summed E-state index contributed by atoms with van der Waals surface area (Å²) in [6, 6.07) is 12.3. The number of carbonyl (C=O) groups is 3. The summed E-state index contributed by atoms with van der Waals surface area (Å²) in [5.41, 5.74) is 7.78. The van der Waals surface area contributed by atoms with Gasteiger partial charge in [-0.25, -0.2) is 0 Å². The van der Waals surface area contributed by atoms with Gasteiger partial charge in [-0.15, -0.1) is 0 Å². The van der Waals surface area contributed by atoms with Crippen molar-refractivity contribution < 1.29 is 28.6 Å². The van der Waals surface area contributed by atoms with Crippen LogP contribution in [0.4, 0.5) is 0 Å². The molecule has 0 amide bonds. The van der Waals surface area contributed by atoms with E-state index >= 15 is 0 Å². The average Bonchev–Trinajstić information content (AvgIpc) is 3.72. The zero-order valence-electron chi connectivity index (χ0n) is 32.2. The van der Waals surface area contributed by atoms with E-state index in [0.717, 1.165) is 75.7 Å². The van der Waals surface area contributed by atoms with Crippen molar-refractivity contribution in [3.8, 4) is 5.75 Å². The predicted molar refractivity (Wildman–Crippen MR) is 207 cm³/mol. The number of aromatic amines is 2. The van der Waals surface area contributed by atoms with Crippen LogP contribution in [0, 0.1) is 23.7 Å². The summed E-state index contributed by atoms with van der Waals surface area (Å²) in [6.45, 7) is 5.76. The van der Waals surface area contributed by atoms with Gasteiger partial charge in [-0.1, -0.05) is 43.2 Å². The topological polar surface area (TPSA) is 117 Å². The number of allylic oxidation sites excluding steroid dienone is 1. The van der Waals surface area contributed by atoms with Crippen molar-refractivity contribution in [1.29, 1.82) is 0 Å². The molecule has 10 heteroatoms. The van der Waals surface area contributed by atoms with Crippen LogP contribution in [0.25, 0.3) is 21.8 Å². The van der Waals surface area contributed by atoms with Gasteiger partial charge >= 0.3 is 11.9 Å². The van der Waals surface area contributed by atoms with Gasteiger partial charge in [0, 0.05) is 64.3 Å². The lowest BCUT2D eigenvalue weighted by Gasteiger charge is -2.60. The molecule has 10 rings (SSSR count). The van der Waals surface area contributed by atoms with Gasteiger partial charge in [-0.3, -0.25) is 19.4 Å². The maximum Gasteiger partial charge on any atom is 0.319 e. The van der Waals surface area contributed by atoms with Crippen molar-refractivity contribution in [3.63, 3.8) is 0 Å². The molecule has 10 atom stereocenters. The van der Waals surface area contributed by atoms with E-state index in [1.807, 2.05) is 0 Å². The predicted octanol–water partition coefficient (Wildman–Crippen LogP) is 6.06. The standard InChI is InChI=1S/C44H52N4O6/c1-7-23-17-25-20-44(43(51)54-6)40-28(15-16-48(41(23)44)34(25)22-49)27-13-14-35(52-4)37(39(27)46-40)31-18-29-24(8-2)21-47(3)33(36(29)42(50)53-5)19-30-26-11-9-10-12-32(26)45-38(30)31/h8-14,22-23,25,29,31,33-34,36,41,45-46H,7,15-21H2,1-6H3/b24-8-/t23-,25+,29-,31+,33-,34-,36-,41-,44+/m0/s1. The first-order chi connectivity index (χ1) is 26.2. The molecule has 10 nitrogen and oxygen atoms in total. The van der Waals surface area contributed by atoms with Crippen LogP contribution < -0.4 is 4.74 Å². The number of hydrogen-bond donors (Lipinski definition) is 2. The molecule has 2 aliphatic carbocycles. The molecule has 2 N–H and O–H groups in total. The Hall–Kier alpha value is -4.41. The minimum Gasteiger partial charge on any atom is -0.496 e. The fourth-order valence-electron chi connectivity index (χ4n) is 12.4. The fourth-order valence-corrected chi connectivity index (χ4v) is 12.4. The number of nitrogens with zero attached hydrogens (tertiary/aromatic N) is 2. The molecule has 1 saturated carbocycles. The number of aldehydes is 1. The van der Waals surface area contributed by atoms with Gasteiger partial charge in [0.15, 0.2) is 0 Å². The van der Waals surface area contributed by atoms with Crippen LogP contribution in [0.3, 0.4) is 0 Å². The zero-order chi connectivity index (χ0) is 37.6. The lowest BCUT2D eigenvalue weighted by Crippen LogP contribution is -2.71. The third-order valence-corrected chi connectivity index (χ3v) is 14.6. The maximum absolute atomic E-state index is 14.5. The van der Waals surface area contributed by atoms with E-state index in [-0.39, 0.29) is 59.7 Å². The van der Waals surface area contributed by atoms with Gasteiger partial charge in [-0.2, -0.15) is 0 Å². The fraction of sp³-hybridized carbons (Fsp3) is 0.523. The lowest BCUT2D eigenvalue weighted by molar-refractivity contribution is -0.169. The number of aromatic nitrogens is 2. The van der Waals surface area contributed by atoms with E-state index in [1.165, 1.54) is 25.4 Å². The molecule has 4 aromatic rings. The van der Waals surface area contributed by atoms with Crippen LogP contribution in [0.15, 0.2) is 48.0 Å². The molecule has 284 valence electrons. The molecule has 54 heavy (non-hydrogen) atoms. The summed E-state index contributed by atoms with van der Waals surface area (Å²) in [4.78, 5) is 53.6. The highest BCUT2D eigenvalue weighted by atomic mass is 16.5. The second-order valence-electron chi connectivity index (χ2n) is 16.5. The van der Waals surface area contributed by atoms with Gasteiger partial charge in [0.1, 0.15) is 17.5 Å². The van der Waals surface area contributed by atoms with Gasteiger partial charge in [-0.05, 0) is 93.2 Å². The summed E-state index contributed by atoms with van der Waals surface area (Å²) >= 11 is 0. The summed E-state index contributed by atoms with van der Waals surface area (Å²) in [6.07, 6.45) is 7.81. The molecule has 2 aromatic carbocycles. The number of fused-ring (bicyclic) bond motifs is 9. The summed E-state index contributed by atoms with van der Waals surface area (Å²) in [7, 11) is 6.86. The minimum absolute atomic E-state index is 0.0319. The molecule has 1 unspecified atom stereocenters. The summed E-state index contributed by atoms with van der Waals surface area (Å²) < 4.78 is 17.6. The molecule has 4 aliphatic heterocycles. The van der Waals surface area contributed by atoms with Crippen molar-refractivity contribution in [3.05, 3.63) is 76.1 Å². The number of carbonyl (C=O) groups excluding carboxylic acids is 3. The van der Waals surface area contributed by atoms with Crippen molar-refractivity contribution in [2.24, 2.45) is 23.7 Å². The van der Waals surface area contributed by atoms with Crippen molar-refractivity contribution >= 4 is 40.0 Å². The first-order valence-corrected chi connectivity index (χ1v) is 19.8. The number of likely N-dealkylation sites (N-methyl/N-ethyl adjacent to an activating group) is 1. The molecule has 4 fully saturated rings. The zero-order valence-corrected chi connectivity index (χ0v) is 32.2. The Morgan fingerprint density at radius 1 is 1.02 bits per heavy atom. The Labute approximate surface area is 316 Å². The molecule has 6 heterocycles. The van der Waals surface area contributed by atoms with Crippen molar-refractivity contribution in [2.45, 2.75) is 81.8 Å². The average molecular weight is 733 g/mol. The first-order valence-electron chi connectivity index (χ1n) is 19.8. The molecule has 0 radical (unpaired) electrons. The Morgan fingerprint density at radius 3 is 2.56 bits per heavy atom. The van der Waals surface area contributed by atoms with E-state index in [0.29, 0.717) is 32.2 Å². The molecule has 6 aliphatic rings. The molecule has 2 aromatic heterocycles. The number of benzene rings is 2. The van der Waals surface area contributed by atoms with Crippen molar-refractivity contribution in [2.75, 3.05) is 41.5 Å². The number of hydrogen-bond acceptors (Lipinski definition) is 8. The number of esters is 2. The number of piperidine rings is 3. The number of methoxy groups -OCH3 is 3. The second-order valence-corrected chi connectivity index (χ2v) is 16.5. The van der Waals surface area contributed by atoms with Crippen LogP contribution in [-0.4, -0.2) is 97.6 Å². The van der Waals surface area contributed by atoms with E-state index < -0.39 is 5.41 Å². The van der Waals surface area contributed by atoms with Gasteiger partial charge < -0.3 is 29.0 Å². The van der Waals surface area contributed by atoms with Gasteiger partial charge in [0.2, 0.25) is 0 Å². The molecule has 6 bridgehead atoms. The number of ether oxygens (including phenoxy) is 3. The van der Waals surface area contributed by atoms with Crippen molar-refractivity contribution in [1.82, 2.24) is 19.8 Å². The van der Waals surface area contributed by atoms with E-state index in [9.17, 15) is 14.4 Å². The highest BCUT2D eigenvalue weighted by Gasteiger charge is 2.65. The summed E-state index contributed by atoms with van der Waals surface area (Å²) in [5.74, 6) is 0.0982. The normalized spacial score (nSPS) is 33.7. The number of para-hydroxylation sites is 1. The second kappa shape index (κ2) is 13.1. The summed E-state index contributed by atoms with van der Waals surface area (Å²) in [5, 5.41) is 2.23. The third kappa shape index (κ3) is 4.74. The van der Waals surface area contributed by atoms with Crippen LogP contribution in [0.1, 0.15) is 73.5 Å². The Kier molecular flexibility index (Phi) is 8.58. The highest BCUT2D eigenvalue weighted by molar-refractivity contribution is 5.95. The monoisotopic (exact) mass is 732 g/mol. The number of H-pyrrole nitrogens is 2. The van der Waals surface area contributed by atoms with E-state index in [1.54, 1.807) is 7.11 Å². The SMILES string of the molecule is C/C=C1/CN(C)[C@H]2Cc3c([nH]c4ccccc34)[C@@H](c3c(OC)ccc4c5c([nH]c34)[C@]3(C(=O)OC)C[C@H]4C[C@H](CC)[C@@H]3N(CC5)[C@H]4C=O)C[C@@H]1[C@@H]2C(=O)OC. The molecular formula is C44H52N4O6. The Balaban J connectivity index is 1.32. The minimum atomic E-state index is -0.935. The third-order valence-electron chi connectivity index (χ3n) is 14.6. The Bertz CT molecular complexity index is 2200. The highest BCUT2D eigenvalue weighted by Crippen LogP contribution is 2.58. The molecular weight excluding hydrogens is 681 g/mol. The van der Waals surface area contributed by atoms with E-state index in [4.69, 9.17) is 14.2 Å². The van der Waals surface area contributed by atoms with Crippen LogP contribution in [0.5, 0.6) is 5.75 Å². The maximum atomic E-state index is 14.5. The van der Waals surface area contributed by atoms with Crippen LogP contribution in [0.2, 0.25) is 0 Å². The van der Waals surface area contributed by atoms with E-state index in [2.05, 4.69) is 83.1 Å². The number of likely N-dealkylation sites (tertiary alicyclic amines) is 1. The molecule has 0 spiro atoms. The lowest BCUT2D eigenvalue weighted by atomic mass is 9.54. The molecule has 3 saturated heterocycles. The van der Waals surface area contributed by atoms with Crippen LogP contribution in [-0.2, 0) is 42.1 Å². The number of nitrogens with one attached hydrogen (secondary N) is 2. The Morgan fingerprint density at radius 2 is 1.83 bits per heavy atom. The smallest absolute Gasteiger partial charge is 0.319 e. The van der Waals surface area contributed by atoms with Gasteiger partial charge in [0.25, 0.3) is 0 Å². The first kappa shape index (κ1) is 35.3. The quantitative estimate of drug-likeness (QED) is 0.140. The number of rotatable bonds is 6. The van der Waals surface area contributed by atoms with Crippen LogP contribution >= 0.6 is 0 Å². The van der Waals surface area contributed by atoms with Gasteiger partial charge in [0.05, 0.1) is 38.8 Å². The largest absolute Gasteiger partial charge is 0.496 e.